The lowest BCUT2D eigenvalue weighted by Crippen LogP contribution is -2.30. The highest BCUT2D eigenvalue weighted by Crippen LogP contribution is 2.21. The second kappa shape index (κ2) is 9.30. The topological polar surface area (TPSA) is 64.3 Å². The molecule has 3 N–H and O–H groups in total. The molecule has 0 aliphatic rings. The first kappa shape index (κ1) is 20.0. The summed E-state index contributed by atoms with van der Waals surface area (Å²) in [5.41, 5.74) is 8.51. The smallest absolute Gasteiger partial charge is 0.265 e. The average Bonchev–Trinajstić information content (AvgIpc) is 2.55. The molecule has 0 aliphatic heterocycles. The minimum absolute atomic E-state index is 0. The molecule has 1 amide bonds. The maximum Gasteiger partial charge on any atom is 0.265 e. The zero-order valence-electron chi connectivity index (χ0n) is 14.3. The lowest BCUT2D eigenvalue weighted by Gasteiger charge is -2.16. The summed E-state index contributed by atoms with van der Waals surface area (Å²) >= 11 is 0. The Morgan fingerprint density at radius 2 is 1.79 bits per heavy atom. The molecule has 1 unspecified atom stereocenters. The van der Waals surface area contributed by atoms with Gasteiger partial charge >= 0.3 is 0 Å². The molecule has 2 aromatic carbocycles. The van der Waals surface area contributed by atoms with Gasteiger partial charge in [0, 0.05) is 12.2 Å². The van der Waals surface area contributed by atoms with E-state index in [-0.39, 0.29) is 18.3 Å². The van der Waals surface area contributed by atoms with E-state index in [9.17, 15) is 4.79 Å². The van der Waals surface area contributed by atoms with Crippen LogP contribution in [0.4, 0.5) is 5.69 Å². The number of benzene rings is 2. The molecule has 0 aliphatic carbocycles. The third-order valence-corrected chi connectivity index (χ3v) is 3.66. The summed E-state index contributed by atoms with van der Waals surface area (Å²) in [7, 11) is 0. The fourth-order valence-corrected chi connectivity index (χ4v) is 2.17. The SMILES string of the molecule is CC(Oc1cccc(C(C)C)c1)C(=O)Nc1ccc(CN)cc1.Cl. The van der Waals surface area contributed by atoms with E-state index >= 15 is 0 Å². The number of nitrogens with one attached hydrogen (secondary N) is 1. The number of halogens is 1. The van der Waals surface area contributed by atoms with Crippen LogP contribution in [-0.4, -0.2) is 12.0 Å². The minimum atomic E-state index is -0.577. The first-order valence-corrected chi connectivity index (χ1v) is 7.86. The molecular formula is C19H25ClN2O2. The Hall–Kier alpha value is -2.04. The summed E-state index contributed by atoms with van der Waals surface area (Å²) in [5, 5.41) is 2.85. The normalized spacial score (nSPS) is 11.5. The van der Waals surface area contributed by atoms with E-state index in [1.807, 2.05) is 42.5 Å². The van der Waals surface area contributed by atoms with Gasteiger partial charge in [-0.1, -0.05) is 38.1 Å². The maximum atomic E-state index is 12.2. The van der Waals surface area contributed by atoms with Crippen molar-refractivity contribution in [3.63, 3.8) is 0 Å². The van der Waals surface area contributed by atoms with E-state index in [1.165, 1.54) is 5.56 Å². The Kier molecular flexibility index (Phi) is 7.75. The molecule has 130 valence electrons. The Balaban J connectivity index is 0.00000288. The maximum absolute atomic E-state index is 12.2. The fourth-order valence-electron chi connectivity index (χ4n) is 2.17. The van der Waals surface area contributed by atoms with Crippen LogP contribution in [0.15, 0.2) is 48.5 Å². The summed E-state index contributed by atoms with van der Waals surface area (Å²) in [6, 6.07) is 15.3. The van der Waals surface area contributed by atoms with E-state index in [4.69, 9.17) is 10.5 Å². The molecule has 0 aromatic heterocycles. The summed E-state index contributed by atoms with van der Waals surface area (Å²) in [5.74, 6) is 0.946. The summed E-state index contributed by atoms with van der Waals surface area (Å²) < 4.78 is 5.75. The molecule has 24 heavy (non-hydrogen) atoms. The van der Waals surface area contributed by atoms with Crippen LogP contribution in [0.1, 0.15) is 37.8 Å². The highest BCUT2D eigenvalue weighted by Gasteiger charge is 2.15. The molecule has 0 heterocycles. The van der Waals surface area contributed by atoms with E-state index in [1.54, 1.807) is 6.92 Å². The van der Waals surface area contributed by atoms with Crippen molar-refractivity contribution in [1.29, 1.82) is 0 Å². The molecular weight excluding hydrogens is 324 g/mol. The van der Waals surface area contributed by atoms with Gasteiger partial charge in [0.05, 0.1) is 0 Å². The van der Waals surface area contributed by atoms with Crippen LogP contribution < -0.4 is 15.8 Å². The van der Waals surface area contributed by atoms with Crippen molar-refractivity contribution in [2.75, 3.05) is 5.32 Å². The number of amides is 1. The van der Waals surface area contributed by atoms with Gasteiger partial charge in [-0.25, -0.2) is 0 Å². The van der Waals surface area contributed by atoms with Gasteiger partial charge in [-0.2, -0.15) is 0 Å². The monoisotopic (exact) mass is 348 g/mol. The molecule has 0 spiro atoms. The highest BCUT2D eigenvalue weighted by molar-refractivity contribution is 5.94. The number of anilines is 1. The van der Waals surface area contributed by atoms with Crippen LogP contribution in [0.2, 0.25) is 0 Å². The number of rotatable bonds is 6. The Bertz CT molecular complexity index is 657. The van der Waals surface area contributed by atoms with Gasteiger partial charge in [0.2, 0.25) is 0 Å². The second-order valence-electron chi connectivity index (χ2n) is 5.88. The van der Waals surface area contributed by atoms with Crippen LogP contribution in [0.25, 0.3) is 0 Å². The number of hydrogen-bond acceptors (Lipinski definition) is 3. The molecule has 4 nitrogen and oxygen atoms in total. The van der Waals surface area contributed by atoms with Crippen molar-refractivity contribution < 1.29 is 9.53 Å². The predicted molar refractivity (Wildman–Crippen MR) is 101 cm³/mol. The first-order valence-electron chi connectivity index (χ1n) is 7.86. The standard InChI is InChI=1S/C19H24N2O2.ClH/c1-13(2)16-5-4-6-18(11-16)23-14(3)19(22)21-17-9-7-15(12-20)8-10-17;/h4-11,13-14H,12,20H2,1-3H3,(H,21,22);1H. The van der Waals surface area contributed by atoms with Crippen molar-refractivity contribution in [2.24, 2.45) is 5.73 Å². The summed E-state index contributed by atoms with van der Waals surface area (Å²) in [6.07, 6.45) is -0.577. The lowest BCUT2D eigenvalue weighted by molar-refractivity contribution is -0.122. The molecule has 0 fully saturated rings. The molecule has 0 saturated heterocycles. The van der Waals surface area contributed by atoms with Crippen LogP contribution >= 0.6 is 12.4 Å². The Morgan fingerprint density at radius 3 is 2.38 bits per heavy atom. The van der Waals surface area contributed by atoms with Crippen molar-refractivity contribution in [2.45, 2.75) is 39.3 Å². The fraction of sp³-hybridized carbons (Fsp3) is 0.316. The van der Waals surface area contributed by atoms with E-state index in [0.29, 0.717) is 18.2 Å². The number of ether oxygens (including phenoxy) is 1. The largest absolute Gasteiger partial charge is 0.481 e. The third-order valence-electron chi connectivity index (χ3n) is 3.66. The Morgan fingerprint density at radius 1 is 1.12 bits per heavy atom. The van der Waals surface area contributed by atoms with Crippen molar-refractivity contribution >= 4 is 24.0 Å². The molecule has 0 radical (unpaired) electrons. The van der Waals surface area contributed by atoms with Gasteiger partial charge in [-0.15, -0.1) is 12.4 Å². The average molecular weight is 349 g/mol. The van der Waals surface area contributed by atoms with Gasteiger partial charge in [0.25, 0.3) is 5.91 Å². The van der Waals surface area contributed by atoms with Crippen LogP contribution in [-0.2, 0) is 11.3 Å². The van der Waals surface area contributed by atoms with E-state index in [0.717, 1.165) is 11.3 Å². The number of nitrogens with two attached hydrogens (primary N) is 1. The Labute approximate surface area is 149 Å². The van der Waals surface area contributed by atoms with Gasteiger partial charge in [-0.05, 0) is 48.2 Å². The van der Waals surface area contributed by atoms with Gasteiger partial charge in [0.15, 0.2) is 6.10 Å². The van der Waals surface area contributed by atoms with Gasteiger partial charge < -0.3 is 15.8 Å². The zero-order chi connectivity index (χ0) is 16.8. The van der Waals surface area contributed by atoms with Gasteiger partial charge in [0.1, 0.15) is 5.75 Å². The summed E-state index contributed by atoms with van der Waals surface area (Å²) in [4.78, 5) is 12.2. The molecule has 5 heteroatoms. The molecule has 1 atom stereocenters. The van der Waals surface area contributed by atoms with E-state index in [2.05, 4.69) is 25.2 Å². The van der Waals surface area contributed by atoms with Crippen LogP contribution in [0, 0.1) is 0 Å². The predicted octanol–water partition coefficient (Wildman–Crippen LogP) is 4.10. The van der Waals surface area contributed by atoms with Crippen molar-refractivity contribution in [3.8, 4) is 5.75 Å². The summed E-state index contributed by atoms with van der Waals surface area (Å²) in [6.45, 7) is 6.48. The third kappa shape index (κ3) is 5.55. The zero-order valence-corrected chi connectivity index (χ0v) is 15.1. The lowest BCUT2D eigenvalue weighted by atomic mass is 10.0. The number of carbonyl (C=O) groups excluding carboxylic acids is 1. The highest BCUT2D eigenvalue weighted by atomic mass is 35.5. The van der Waals surface area contributed by atoms with Crippen LogP contribution in [0.3, 0.4) is 0 Å². The first-order chi connectivity index (χ1) is 11.0. The van der Waals surface area contributed by atoms with Crippen LogP contribution in [0.5, 0.6) is 5.75 Å². The minimum Gasteiger partial charge on any atom is -0.481 e. The molecule has 0 saturated carbocycles. The number of hydrogen-bond donors (Lipinski definition) is 2. The molecule has 0 bridgehead atoms. The molecule has 2 rings (SSSR count). The second-order valence-corrected chi connectivity index (χ2v) is 5.88. The number of carbonyl (C=O) groups is 1. The van der Waals surface area contributed by atoms with Gasteiger partial charge in [-0.3, -0.25) is 4.79 Å². The molecule has 2 aromatic rings. The quantitative estimate of drug-likeness (QED) is 0.826. The van der Waals surface area contributed by atoms with E-state index < -0.39 is 6.10 Å². The van der Waals surface area contributed by atoms with Crippen molar-refractivity contribution in [3.05, 3.63) is 59.7 Å². The van der Waals surface area contributed by atoms with Crippen molar-refractivity contribution in [1.82, 2.24) is 0 Å².